The molecule has 2 aromatic carbocycles. The van der Waals surface area contributed by atoms with E-state index in [4.69, 9.17) is 14.2 Å². The normalized spacial score (nSPS) is 13.7. The molecular formula is C40H49N5O7. The number of nitrogens with zero attached hydrogens (tertiary/aromatic N) is 4. The highest BCUT2D eigenvalue weighted by molar-refractivity contribution is 5.89. The number of carbonyl (C=O) groups excluding carboxylic acids is 3. The smallest absolute Gasteiger partial charge is 0.337 e. The summed E-state index contributed by atoms with van der Waals surface area (Å²) in [6.45, 7) is 6.77. The van der Waals surface area contributed by atoms with Gasteiger partial charge in [-0.2, -0.15) is 0 Å². The molecule has 52 heavy (non-hydrogen) atoms. The molecule has 0 unspecified atom stereocenters. The fourth-order valence-corrected chi connectivity index (χ4v) is 5.35. The maximum absolute atomic E-state index is 13.0. The number of pyridine rings is 2. The number of rotatable bonds is 10. The second kappa shape index (κ2) is 22.6. The molecule has 0 spiro atoms. The van der Waals surface area contributed by atoms with Gasteiger partial charge in [-0.3, -0.25) is 9.97 Å². The first-order valence-corrected chi connectivity index (χ1v) is 17.5. The lowest BCUT2D eigenvalue weighted by Gasteiger charge is -2.33. The number of methoxy groups -OCH3 is 2. The zero-order chi connectivity index (χ0) is 36.8. The first kappa shape index (κ1) is 39.6. The summed E-state index contributed by atoms with van der Waals surface area (Å²) in [5, 5.41) is 3.34. The van der Waals surface area contributed by atoms with Crippen molar-refractivity contribution in [1.29, 1.82) is 0 Å². The molecule has 2 aromatic heterocycles. The first-order chi connectivity index (χ1) is 25.5. The summed E-state index contributed by atoms with van der Waals surface area (Å²) in [5.74, 6) is -0.684. The van der Waals surface area contributed by atoms with Crippen molar-refractivity contribution in [1.82, 2.24) is 25.1 Å². The van der Waals surface area contributed by atoms with Crippen LogP contribution in [0.1, 0.15) is 62.2 Å². The van der Waals surface area contributed by atoms with Crippen molar-refractivity contribution in [3.05, 3.63) is 131 Å². The van der Waals surface area contributed by atoms with Crippen LogP contribution < -0.4 is 5.32 Å². The van der Waals surface area contributed by atoms with Crippen LogP contribution in [0.5, 0.6) is 0 Å². The Morgan fingerprint density at radius 3 is 1.48 bits per heavy atom. The van der Waals surface area contributed by atoms with Gasteiger partial charge in [0, 0.05) is 77.3 Å². The number of ether oxygens (including phenoxy) is 4. The van der Waals surface area contributed by atoms with Crippen LogP contribution in [0.2, 0.25) is 0 Å². The minimum absolute atomic E-state index is 0.0212. The van der Waals surface area contributed by atoms with Crippen molar-refractivity contribution >= 4 is 18.0 Å². The number of carbonyl (C=O) groups is 3. The molecule has 6 rings (SSSR count). The summed E-state index contributed by atoms with van der Waals surface area (Å²) < 4.78 is 19.8. The van der Waals surface area contributed by atoms with Crippen LogP contribution in [-0.4, -0.2) is 91.5 Å². The molecule has 0 atom stereocenters. The van der Waals surface area contributed by atoms with Crippen LogP contribution in [0.25, 0.3) is 0 Å². The Hall–Kier alpha value is -5.17. The molecule has 12 heteroatoms. The lowest BCUT2D eigenvalue weighted by molar-refractivity contribution is 0.0418. The van der Waals surface area contributed by atoms with Crippen molar-refractivity contribution in [3.63, 3.8) is 0 Å². The molecule has 1 N–H and O–H groups in total. The van der Waals surface area contributed by atoms with E-state index in [2.05, 4.69) is 20.0 Å². The highest BCUT2D eigenvalue weighted by Crippen LogP contribution is 2.15. The van der Waals surface area contributed by atoms with Gasteiger partial charge in [-0.05, 0) is 90.0 Å². The van der Waals surface area contributed by atoms with E-state index in [0.717, 1.165) is 43.0 Å². The first-order valence-electron chi connectivity index (χ1n) is 17.5. The molecular weight excluding hydrogens is 662 g/mol. The Bertz CT molecular complexity index is 1600. The number of benzene rings is 2. The van der Waals surface area contributed by atoms with Crippen LogP contribution in [0, 0.1) is 0 Å². The van der Waals surface area contributed by atoms with Crippen LogP contribution in [0.4, 0.5) is 4.79 Å². The van der Waals surface area contributed by atoms with E-state index in [1.54, 1.807) is 54.0 Å². The molecule has 2 fully saturated rings. The second-order valence-corrected chi connectivity index (χ2v) is 12.1. The zero-order valence-electron chi connectivity index (χ0n) is 30.1. The second-order valence-electron chi connectivity index (χ2n) is 12.1. The average molecular weight is 712 g/mol. The molecule has 276 valence electrons. The molecule has 0 bridgehead atoms. The van der Waals surface area contributed by atoms with Crippen LogP contribution in [-0.2, 0) is 45.1 Å². The predicted octanol–water partition coefficient (Wildman–Crippen LogP) is 5.67. The maximum atomic E-state index is 13.0. The maximum Gasteiger partial charge on any atom is 0.337 e. The number of hydrogen-bond donors (Lipinski definition) is 1. The summed E-state index contributed by atoms with van der Waals surface area (Å²) in [5.41, 5.74) is 5.33. The van der Waals surface area contributed by atoms with Crippen molar-refractivity contribution < 1.29 is 33.3 Å². The van der Waals surface area contributed by atoms with Gasteiger partial charge in [0.05, 0.1) is 38.6 Å². The molecule has 2 aliphatic heterocycles. The topological polar surface area (TPSA) is 132 Å². The lowest BCUT2D eigenvalue weighted by Crippen LogP contribution is -2.47. The fraction of sp³-hybridized carbons (Fsp3) is 0.375. The van der Waals surface area contributed by atoms with Gasteiger partial charge >= 0.3 is 18.0 Å². The molecule has 0 aliphatic carbocycles. The van der Waals surface area contributed by atoms with Crippen LogP contribution in [0.15, 0.2) is 97.6 Å². The number of urea groups is 1. The highest BCUT2D eigenvalue weighted by atomic mass is 16.5. The zero-order valence-corrected chi connectivity index (χ0v) is 30.1. The summed E-state index contributed by atoms with van der Waals surface area (Å²) in [7, 11) is 2.74. The number of aromatic nitrogens is 2. The van der Waals surface area contributed by atoms with Crippen molar-refractivity contribution in [2.24, 2.45) is 0 Å². The summed E-state index contributed by atoms with van der Waals surface area (Å²) in [4.78, 5) is 47.5. The number of nitrogens with one attached hydrogen (secondary N) is 1. The molecule has 4 heterocycles. The SMILES string of the molecule is C1CCOCC1.COC(=O)c1ccc(CN(Cc2ccncc2)C(=O)N2CCOCC2)cc1.COC(=O)c1ccc(CNCc2ccncc2)cc1. The van der Waals surface area contributed by atoms with E-state index in [1.807, 2.05) is 53.4 Å². The number of morpholine rings is 1. The Kier molecular flexibility index (Phi) is 17.2. The van der Waals surface area contributed by atoms with E-state index >= 15 is 0 Å². The van der Waals surface area contributed by atoms with E-state index < -0.39 is 0 Å². The number of amides is 2. The summed E-state index contributed by atoms with van der Waals surface area (Å²) >= 11 is 0. The highest BCUT2D eigenvalue weighted by Gasteiger charge is 2.23. The molecule has 12 nitrogen and oxygen atoms in total. The largest absolute Gasteiger partial charge is 0.465 e. The molecule has 2 aliphatic rings. The molecule has 0 radical (unpaired) electrons. The molecule has 4 aromatic rings. The van der Waals surface area contributed by atoms with Gasteiger partial charge in [0.2, 0.25) is 0 Å². The molecule has 0 saturated carbocycles. The van der Waals surface area contributed by atoms with Gasteiger partial charge in [-0.15, -0.1) is 0 Å². The van der Waals surface area contributed by atoms with E-state index in [-0.39, 0.29) is 18.0 Å². The molecule has 2 saturated heterocycles. The summed E-state index contributed by atoms with van der Waals surface area (Å²) in [6, 6.07) is 22.3. The van der Waals surface area contributed by atoms with Gasteiger partial charge in [-0.1, -0.05) is 24.3 Å². The van der Waals surface area contributed by atoms with Gasteiger partial charge < -0.3 is 34.1 Å². The van der Waals surface area contributed by atoms with Crippen molar-refractivity contribution in [3.8, 4) is 0 Å². The van der Waals surface area contributed by atoms with Gasteiger partial charge in [0.25, 0.3) is 0 Å². The third kappa shape index (κ3) is 13.9. The average Bonchev–Trinajstić information content (AvgIpc) is 3.22. The van der Waals surface area contributed by atoms with Gasteiger partial charge in [0.15, 0.2) is 0 Å². The Morgan fingerprint density at radius 2 is 1.04 bits per heavy atom. The summed E-state index contributed by atoms with van der Waals surface area (Å²) in [6.07, 6.45) is 10.9. The third-order valence-corrected chi connectivity index (χ3v) is 8.28. The lowest BCUT2D eigenvalue weighted by atomic mass is 10.1. The van der Waals surface area contributed by atoms with Crippen LogP contribution >= 0.6 is 0 Å². The number of hydrogen-bond acceptors (Lipinski definition) is 10. The van der Waals surface area contributed by atoms with Gasteiger partial charge in [0.1, 0.15) is 0 Å². The van der Waals surface area contributed by atoms with Gasteiger partial charge in [-0.25, -0.2) is 14.4 Å². The minimum atomic E-state index is -0.375. The third-order valence-electron chi connectivity index (χ3n) is 8.28. The Labute approximate surface area is 306 Å². The monoisotopic (exact) mass is 711 g/mol. The van der Waals surface area contributed by atoms with Crippen LogP contribution in [0.3, 0.4) is 0 Å². The molecule has 2 amide bonds. The van der Waals surface area contributed by atoms with Crippen molar-refractivity contribution in [2.45, 2.75) is 45.4 Å². The Morgan fingerprint density at radius 1 is 0.615 bits per heavy atom. The van der Waals surface area contributed by atoms with E-state index in [1.165, 1.54) is 39.0 Å². The fourth-order valence-electron chi connectivity index (χ4n) is 5.35. The van der Waals surface area contributed by atoms with E-state index in [9.17, 15) is 14.4 Å². The predicted molar refractivity (Wildman–Crippen MR) is 196 cm³/mol. The Balaban J connectivity index is 0.000000209. The quantitative estimate of drug-likeness (QED) is 0.205. The minimum Gasteiger partial charge on any atom is -0.465 e. The van der Waals surface area contributed by atoms with Crippen molar-refractivity contribution in [2.75, 3.05) is 53.7 Å². The van der Waals surface area contributed by atoms with E-state index in [0.29, 0.717) is 50.5 Å². The standard InChI is InChI=1S/C20H23N3O4.C15H16N2O2.C5H10O/c1-26-19(24)18-4-2-16(3-5-18)14-23(15-17-6-8-21-9-7-17)20(25)22-10-12-27-13-11-22;1-19-15(18)14-4-2-12(3-5-14)10-17-11-13-6-8-16-9-7-13;1-2-4-6-5-3-1/h2-9H,10-15H2,1H3;2-9,17H,10-11H2,1H3;1-5H2. The number of esters is 2.